The van der Waals surface area contributed by atoms with Crippen LogP contribution in [0, 0.1) is 12.7 Å². The third-order valence-corrected chi connectivity index (χ3v) is 8.61. The number of nitrogens with zero attached hydrogens (tertiary/aromatic N) is 8. The molecule has 1 aliphatic heterocycles. The Morgan fingerprint density at radius 1 is 1.08 bits per heavy atom. The molecule has 0 saturated carbocycles. The molecule has 0 N–H and O–H groups in total. The van der Waals surface area contributed by atoms with Crippen LogP contribution in [0.15, 0.2) is 70.7 Å². The normalized spacial score (nSPS) is 17.4. The molecule has 11 nitrogen and oxygen atoms in total. The first kappa shape index (κ1) is 24.4. The summed E-state index contributed by atoms with van der Waals surface area (Å²) in [6, 6.07) is 11.8. The van der Waals surface area contributed by atoms with Gasteiger partial charge in [0.15, 0.2) is 0 Å². The molecule has 5 aromatic rings. The average molecular weight is 537 g/mol. The van der Waals surface area contributed by atoms with Crippen LogP contribution in [0.2, 0.25) is 0 Å². The number of piperazine rings is 1. The maximum atomic E-state index is 13.5. The van der Waals surface area contributed by atoms with E-state index in [9.17, 15) is 12.8 Å². The second-order valence-electron chi connectivity index (χ2n) is 9.31. The van der Waals surface area contributed by atoms with Crippen molar-refractivity contribution in [3.05, 3.63) is 83.8 Å². The van der Waals surface area contributed by atoms with Crippen molar-refractivity contribution in [2.75, 3.05) is 19.6 Å². The van der Waals surface area contributed by atoms with Crippen LogP contribution < -0.4 is 0 Å². The minimum absolute atomic E-state index is 0.0727. The number of halogens is 1. The lowest BCUT2D eigenvalue weighted by molar-refractivity contribution is 0.107. The van der Waals surface area contributed by atoms with Crippen LogP contribution in [0.3, 0.4) is 0 Å². The number of fused-ring (bicyclic) bond motifs is 1. The number of aromatic nitrogens is 6. The van der Waals surface area contributed by atoms with E-state index in [1.54, 1.807) is 30.1 Å². The molecule has 0 aliphatic carbocycles. The maximum Gasteiger partial charge on any atom is 0.264 e. The van der Waals surface area contributed by atoms with E-state index in [2.05, 4.69) is 31.4 Å². The quantitative estimate of drug-likeness (QED) is 0.325. The molecule has 4 heterocycles. The highest BCUT2D eigenvalue weighted by Crippen LogP contribution is 2.34. The van der Waals surface area contributed by atoms with Crippen molar-refractivity contribution < 1.29 is 17.3 Å². The van der Waals surface area contributed by atoms with Crippen LogP contribution in [-0.2, 0) is 23.6 Å². The topological polar surface area (TPSA) is 115 Å². The van der Waals surface area contributed by atoms with Gasteiger partial charge in [0, 0.05) is 50.7 Å². The van der Waals surface area contributed by atoms with E-state index < -0.39 is 10.0 Å². The van der Waals surface area contributed by atoms with Crippen molar-refractivity contribution in [3.8, 4) is 5.69 Å². The van der Waals surface area contributed by atoms with Gasteiger partial charge < -0.3 is 4.52 Å². The van der Waals surface area contributed by atoms with E-state index in [-0.39, 0.29) is 23.4 Å². The maximum absolute atomic E-state index is 13.5. The lowest BCUT2D eigenvalue weighted by Crippen LogP contribution is -2.50. The van der Waals surface area contributed by atoms with Gasteiger partial charge >= 0.3 is 0 Å². The summed E-state index contributed by atoms with van der Waals surface area (Å²) in [7, 11) is -2.24. The highest BCUT2D eigenvalue weighted by Gasteiger charge is 2.37. The van der Waals surface area contributed by atoms with Crippen molar-refractivity contribution >= 4 is 20.9 Å². The summed E-state index contributed by atoms with van der Waals surface area (Å²) in [5.74, 6) is -0.311. The molecular formula is C25H25FN8O3S. The molecule has 6 rings (SSSR count). The zero-order valence-electron chi connectivity index (χ0n) is 20.8. The van der Waals surface area contributed by atoms with Gasteiger partial charge in [-0.25, -0.2) is 17.5 Å². The number of aryl methyl sites for hydroxylation is 2. The average Bonchev–Trinajstić information content (AvgIpc) is 3.66. The number of hydrogen-bond donors (Lipinski definition) is 0. The molecule has 0 amide bonds. The summed E-state index contributed by atoms with van der Waals surface area (Å²) in [4.78, 5) is 3.45. The molecule has 0 spiro atoms. The summed E-state index contributed by atoms with van der Waals surface area (Å²) >= 11 is 0. The number of rotatable bonds is 6. The molecule has 1 fully saturated rings. The Morgan fingerprint density at radius 2 is 1.89 bits per heavy atom. The third-order valence-electron chi connectivity index (χ3n) is 6.88. The van der Waals surface area contributed by atoms with Crippen LogP contribution in [0.1, 0.15) is 22.9 Å². The van der Waals surface area contributed by atoms with Gasteiger partial charge in [0.25, 0.3) is 10.0 Å². The van der Waals surface area contributed by atoms with Crippen LogP contribution in [-0.4, -0.2) is 67.2 Å². The van der Waals surface area contributed by atoms with Crippen molar-refractivity contribution in [2.24, 2.45) is 7.05 Å². The van der Waals surface area contributed by atoms with Gasteiger partial charge in [-0.1, -0.05) is 5.16 Å². The highest BCUT2D eigenvalue weighted by atomic mass is 32.2. The SMILES string of the molecule is Cc1cc2c(cnn2-c2ccc(F)cc2)cc1[C@H]1CN(S(=O)(=O)c2cnn(C)n2)CCN1Cc1ccon1. The Morgan fingerprint density at radius 3 is 2.61 bits per heavy atom. The molecular weight excluding hydrogens is 511 g/mol. The van der Waals surface area contributed by atoms with Gasteiger partial charge in [0.2, 0.25) is 5.03 Å². The molecule has 13 heteroatoms. The first-order valence-corrected chi connectivity index (χ1v) is 13.5. The summed E-state index contributed by atoms with van der Waals surface area (Å²) in [6.45, 7) is 3.53. The minimum atomic E-state index is -3.83. The van der Waals surface area contributed by atoms with E-state index in [0.717, 1.165) is 33.4 Å². The summed E-state index contributed by atoms with van der Waals surface area (Å²) < 4.78 is 48.5. The van der Waals surface area contributed by atoms with Crippen LogP contribution >= 0.6 is 0 Å². The summed E-state index contributed by atoms with van der Waals surface area (Å²) in [5.41, 5.74) is 4.36. The molecule has 0 radical (unpaired) electrons. The predicted molar refractivity (Wildman–Crippen MR) is 135 cm³/mol. The fourth-order valence-electron chi connectivity index (χ4n) is 4.95. The van der Waals surface area contributed by atoms with Gasteiger partial charge in [0.1, 0.15) is 12.1 Å². The van der Waals surface area contributed by atoms with E-state index >= 15 is 0 Å². The Hall–Kier alpha value is -3.94. The van der Waals surface area contributed by atoms with Gasteiger partial charge in [-0.05, 0) is 54.4 Å². The third kappa shape index (κ3) is 4.38. The lowest BCUT2D eigenvalue weighted by atomic mass is 9.96. The van der Waals surface area contributed by atoms with Crippen LogP contribution in [0.4, 0.5) is 4.39 Å². The number of sulfonamides is 1. The van der Waals surface area contributed by atoms with Crippen molar-refractivity contribution in [3.63, 3.8) is 0 Å². The summed E-state index contributed by atoms with van der Waals surface area (Å²) in [5, 5.41) is 17.4. The fourth-order valence-corrected chi connectivity index (χ4v) is 6.27. The van der Waals surface area contributed by atoms with Crippen LogP contribution in [0.5, 0.6) is 0 Å². The molecule has 38 heavy (non-hydrogen) atoms. The first-order valence-electron chi connectivity index (χ1n) is 12.0. The Balaban J connectivity index is 1.39. The fraction of sp³-hybridized carbons (Fsp3) is 0.280. The second kappa shape index (κ2) is 9.42. The van der Waals surface area contributed by atoms with Crippen molar-refractivity contribution in [1.29, 1.82) is 0 Å². The molecule has 3 aromatic heterocycles. The van der Waals surface area contributed by atoms with E-state index in [4.69, 9.17) is 4.52 Å². The van der Waals surface area contributed by atoms with Gasteiger partial charge in [-0.3, -0.25) is 4.90 Å². The summed E-state index contributed by atoms with van der Waals surface area (Å²) in [6.07, 6.45) is 4.56. The first-order chi connectivity index (χ1) is 18.3. The zero-order valence-corrected chi connectivity index (χ0v) is 21.6. The standard InChI is InChI=1S/C25H25FN8O3S/c1-17-11-23-18(13-28-34(23)21-5-3-19(26)4-6-21)12-22(17)24-16-33(38(35,36)25-14-27-31(2)29-25)9-8-32(24)15-20-7-10-37-30-20/h3-7,10-14,24H,8-9,15-16H2,1-2H3/t24-/m1/s1. The van der Waals surface area contributed by atoms with Gasteiger partial charge in [-0.2, -0.15) is 19.3 Å². The lowest BCUT2D eigenvalue weighted by Gasteiger charge is -2.41. The molecule has 196 valence electrons. The highest BCUT2D eigenvalue weighted by molar-refractivity contribution is 7.89. The molecule has 0 bridgehead atoms. The second-order valence-corrected chi connectivity index (χ2v) is 11.2. The molecule has 1 atom stereocenters. The Bertz CT molecular complexity index is 1700. The van der Waals surface area contributed by atoms with Gasteiger partial charge in [-0.15, -0.1) is 5.10 Å². The molecule has 1 aliphatic rings. The largest absolute Gasteiger partial charge is 0.364 e. The zero-order chi connectivity index (χ0) is 26.4. The molecule has 0 unspecified atom stereocenters. The van der Waals surface area contributed by atoms with E-state index in [1.165, 1.54) is 33.7 Å². The van der Waals surface area contributed by atoms with Crippen molar-refractivity contribution in [1.82, 2.24) is 39.1 Å². The number of benzene rings is 2. The Labute approximate surface area is 218 Å². The van der Waals surface area contributed by atoms with Crippen molar-refractivity contribution in [2.45, 2.75) is 24.5 Å². The smallest absolute Gasteiger partial charge is 0.264 e. The number of hydrogen-bond acceptors (Lipinski definition) is 8. The molecule has 2 aromatic carbocycles. The van der Waals surface area contributed by atoms with E-state index in [0.29, 0.717) is 19.6 Å². The minimum Gasteiger partial charge on any atom is -0.364 e. The Kier molecular flexibility index (Phi) is 6.05. The van der Waals surface area contributed by atoms with E-state index in [1.807, 2.05) is 19.1 Å². The predicted octanol–water partition coefficient (Wildman–Crippen LogP) is 2.84. The molecule has 1 saturated heterocycles. The monoisotopic (exact) mass is 536 g/mol. The van der Waals surface area contributed by atoms with Gasteiger partial charge in [0.05, 0.1) is 29.3 Å². The van der Waals surface area contributed by atoms with Crippen LogP contribution in [0.25, 0.3) is 16.6 Å².